The van der Waals surface area contributed by atoms with Gasteiger partial charge in [0.2, 0.25) is 0 Å². The van der Waals surface area contributed by atoms with Gasteiger partial charge < -0.3 is 0 Å². The lowest BCUT2D eigenvalue weighted by Crippen LogP contribution is -2.47. The molecule has 4 nitrogen and oxygen atoms in total. The molecular formula is C17H19N3O. The lowest BCUT2D eigenvalue weighted by atomic mass is 9.86. The van der Waals surface area contributed by atoms with Crippen molar-refractivity contribution in [3.05, 3.63) is 35.9 Å². The molecule has 3 atom stereocenters. The van der Waals surface area contributed by atoms with Gasteiger partial charge in [0.1, 0.15) is 5.92 Å². The van der Waals surface area contributed by atoms with E-state index in [-0.39, 0.29) is 11.9 Å². The normalized spacial score (nSPS) is 29.1. The number of benzene rings is 1. The Morgan fingerprint density at radius 2 is 2.10 bits per heavy atom. The molecule has 0 spiro atoms. The number of amides is 1. The van der Waals surface area contributed by atoms with Crippen LogP contribution in [0.15, 0.2) is 35.4 Å². The lowest BCUT2D eigenvalue weighted by Gasteiger charge is -2.36. The van der Waals surface area contributed by atoms with Crippen molar-refractivity contribution in [2.45, 2.75) is 38.6 Å². The fourth-order valence-electron chi connectivity index (χ4n) is 3.47. The van der Waals surface area contributed by atoms with Gasteiger partial charge >= 0.3 is 0 Å². The summed E-state index contributed by atoms with van der Waals surface area (Å²) in [7, 11) is 0. The van der Waals surface area contributed by atoms with Crippen LogP contribution in [0.3, 0.4) is 0 Å². The van der Waals surface area contributed by atoms with Crippen molar-refractivity contribution < 1.29 is 4.79 Å². The molecule has 0 bridgehead atoms. The molecule has 1 aromatic rings. The van der Waals surface area contributed by atoms with Gasteiger partial charge in [0.05, 0.1) is 17.8 Å². The quantitative estimate of drug-likeness (QED) is 0.783. The number of rotatable bonds is 2. The van der Waals surface area contributed by atoms with Crippen LogP contribution < -0.4 is 0 Å². The first-order valence-electron chi connectivity index (χ1n) is 7.54. The Balaban J connectivity index is 1.91. The zero-order valence-electron chi connectivity index (χ0n) is 12.2. The summed E-state index contributed by atoms with van der Waals surface area (Å²) < 4.78 is 0. The second-order valence-corrected chi connectivity index (χ2v) is 5.91. The zero-order valence-corrected chi connectivity index (χ0v) is 12.2. The third-order valence-corrected chi connectivity index (χ3v) is 4.60. The number of carbonyl (C=O) groups excluding carboxylic acids is 1. The van der Waals surface area contributed by atoms with Crippen LogP contribution in [-0.4, -0.2) is 22.7 Å². The molecule has 1 amide bonds. The molecule has 0 aromatic heterocycles. The molecule has 0 N–H and O–H groups in total. The third kappa shape index (κ3) is 2.56. The van der Waals surface area contributed by atoms with Gasteiger partial charge in [-0.2, -0.15) is 10.4 Å². The molecule has 1 saturated heterocycles. The summed E-state index contributed by atoms with van der Waals surface area (Å²) in [5.41, 5.74) is 1.84. The second-order valence-electron chi connectivity index (χ2n) is 5.91. The van der Waals surface area contributed by atoms with E-state index in [1.165, 1.54) is 0 Å². The number of hydrazone groups is 1. The van der Waals surface area contributed by atoms with E-state index in [2.05, 4.69) is 11.2 Å². The van der Waals surface area contributed by atoms with E-state index in [0.29, 0.717) is 12.3 Å². The Labute approximate surface area is 125 Å². The molecule has 1 aliphatic heterocycles. The van der Waals surface area contributed by atoms with E-state index in [1.807, 2.05) is 37.3 Å². The van der Waals surface area contributed by atoms with E-state index in [9.17, 15) is 10.1 Å². The van der Waals surface area contributed by atoms with Gasteiger partial charge in [-0.3, -0.25) is 4.79 Å². The Morgan fingerprint density at radius 3 is 2.81 bits per heavy atom. The molecule has 2 aliphatic rings. The molecule has 4 heteroatoms. The van der Waals surface area contributed by atoms with Crippen molar-refractivity contribution in [1.29, 1.82) is 5.26 Å². The van der Waals surface area contributed by atoms with Crippen LogP contribution in [0.25, 0.3) is 0 Å². The standard InChI is InChI=1S/C17H19N3O/c1-12(13-6-3-2-4-7-13)19-20-16-9-5-8-14(16)10-15(11-18)17(20)21/h2-4,6-7,14-16H,5,8-10H2,1H3. The highest BCUT2D eigenvalue weighted by molar-refractivity contribution is 5.99. The largest absolute Gasteiger partial charge is 0.271 e. The first kappa shape index (κ1) is 13.8. The fourth-order valence-corrected chi connectivity index (χ4v) is 3.47. The smallest absolute Gasteiger partial charge is 0.260 e. The number of hydrogen-bond acceptors (Lipinski definition) is 3. The van der Waals surface area contributed by atoms with E-state index in [1.54, 1.807) is 5.01 Å². The van der Waals surface area contributed by atoms with E-state index in [0.717, 1.165) is 30.5 Å². The van der Waals surface area contributed by atoms with Crippen LogP contribution in [0.5, 0.6) is 0 Å². The van der Waals surface area contributed by atoms with Crippen LogP contribution in [0, 0.1) is 23.2 Å². The van der Waals surface area contributed by atoms with Crippen LogP contribution in [0.4, 0.5) is 0 Å². The molecule has 1 aromatic carbocycles. The van der Waals surface area contributed by atoms with E-state index in [4.69, 9.17) is 0 Å². The summed E-state index contributed by atoms with van der Waals surface area (Å²) in [4.78, 5) is 12.5. The molecule has 108 valence electrons. The second kappa shape index (κ2) is 5.69. The lowest BCUT2D eigenvalue weighted by molar-refractivity contribution is -0.141. The number of carbonyl (C=O) groups is 1. The number of piperidine rings is 1. The first-order chi connectivity index (χ1) is 10.2. The Kier molecular flexibility index (Phi) is 3.74. The van der Waals surface area contributed by atoms with Crippen LogP contribution >= 0.6 is 0 Å². The topological polar surface area (TPSA) is 56.5 Å². The van der Waals surface area contributed by atoms with Crippen LogP contribution in [0.2, 0.25) is 0 Å². The molecule has 0 radical (unpaired) electrons. The number of hydrogen-bond donors (Lipinski definition) is 0. The van der Waals surface area contributed by atoms with Crippen LogP contribution in [0.1, 0.15) is 38.2 Å². The maximum Gasteiger partial charge on any atom is 0.260 e. The van der Waals surface area contributed by atoms with Crippen molar-refractivity contribution in [3.8, 4) is 6.07 Å². The highest BCUT2D eigenvalue weighted by Crippen LogP contribution is 2.39. The molecule has 1 saturated carbocycles. The van der Waals surface area contributed by atoms with Crippen molar-refractivity contribution >= 4 is 11.6 Å². The molecule has 2 fully saturated rings. The molecule has 3 rings (SSSR count). The summed E-state index contributed by atoms with van der Waals surface area (Å²) in [5.74, 6) is -0.229. The minimum atomic E-state index is -0.531. The van der Waals surface area contributed by atoms with Gasteiger partial charge in [0.25, 0.3) is 5.91 Å². The van der Waals surface area contributed by atoms with Crippen molar-refractivity contribution in [2.75, 3.05) is 0 Å². The Hall–Kier alpha value is -2.15. The molecular weight excluding hydrogens is 262 g/mol. The van der Waals surface area contributed by atoms with Crippen molar-refractivity contribution in [3.63, 3.8) is 0 Å². The molecule has 21 heavy (non-hydrogen) atoms. The number of nitrogens with zero attached hydrogens (tertiary/aromatic N) is 3. The first-order valence-corrected chi connectivity index (χ1v) is 7.54. The molecule has 1 aliphatic carbocycles. The van der Waals surface area contributed by atoms with Crippen molar-refractivity contribution in [1.82, 2.24) is 5.01 Å². The third-order valence-electron chi connectivity index (χ3n) is 4.60. The van der Waals surface area contributed by atoms with Crippen molar-refractivity contribution in [2.24, 2.45) is 16.9 Å². The SMILES string of the molecule is CC(=NN1C(=O)C(C#N)CC2CCCC21)c1ccccc1. The summed E-state index contributed by atoms with van der Waals surface area (Å²) in [6.07, 6.45) is 3.93. The van der Waals surface area contributed by atoms with Gasteiger partial charge in [0.15, 0.2) is 0 Å². The maximum absolute atomic E-state index is 12.5. The predicted molar refractivity (Wildman–Crippen MR) is 80.3 cm³/mol. The molecule has 3 unspecified atom stereocenters. The van der Waals surface area contributed by atoms with Gasteiger partial charge in [-0.25, -0.2) is 5.01 Å². The maximum atomic E-state index is 12.5. The fraction of sp³-hybridized carbons (Fsp3) is 0.471. The Morgan fingerprint density at radius 1 is 1.33 bits per heavy atom. The summed E-state index contributed by atoms with van der Waals surface area (Å²) in [6.45, 7) is 1.92. The highest BCUT2D eigenvalue weighted by Gasteiger charge is 2.44. The van der Waals surface area contributed by atoms with E-state index < -0.39 is 5.92 Å². The summed E-state index contributed by atoms with van der Waals surface area (Å²) in [5, 5.41) is 15.4. The Bertz CT molecular complexity index is 602. The highest BCUT2D eigenvalue weighted by atomic mass is 16.2. The number of fused-ring (bicyclic) bond motifs is 1. The average Bonchev–Trinajstić information content (AvgIpc) is 2.98. The van der Waals surface area contributed by atoms with Gasteiger partial charge in [-0.05, 0) is 37.7 Å². The zero-order chi connectivity index (χ0) is 14.8. The summed E-state index contributed by atoms with van der Waals surface area (Å²) in [6, 6.07) is 12.2. The van der Waals surface area contributed by atoms with Gasteiger partial charge in [0, 0.05) is 0 Å². The average molecular weight is 281 g/mol. The van der Waals surface area contributed by atoms with Gasteiger partial charge in [-0.15, -0.1) is 0 Å². The monoisotopic (exact) mass is 281 g/mol. The number of nitriles is 1. The minimum absolute atomic E-state index is 0.129. The van der Waals surface area contributed by atoms with Crippen LogP contribution in [-0.2, 0) is 4.79 Å². The minimum Gasteiger partial charge on any atom is -0.271 e. The van der Waals surface area contributed by atoms with E-state index >= 15 is 0 Å². The predicted octanol–water partition coefficient (Wildman–Crippen LogP) is 2.95. The molecule has 1 heterocycles. The summed E-state index contributed by atoms with van der Waals surface area (Å²) >= 11 is 0. The van der Waals surface area contributed by atoms with Gasteiger partial charge in [-0.1, -0.05) is 36.8 Å².